The first-order valence-electron chi connectivity index (χ1n) is 15.5. The number of hydrogen-bond donors (Lipinski definition) is 2. The van der Waals surface area contributed by atoms with E-state index in [1.807, 2.05) is 72.8 Å². The second kappa shape index (κ2) is 15.0. The van der Waals surface area contributed by atoms with E-state index in [1.165, 1.54) is 11.1 Å². The molecule has 8 nitrogen and oxygen atoms in total. The van der Waals surface area contributed by atoms with Crippen molar-refractivity contribution in [1.29, 1.82) is 0 Å². The molecule has 0 amide bonds. The maximum atomic E-state index is 11.4. The molecule has 0 radical (unpaired) electrons. The molecule has 1 aromatic heterocycles. The number of aromatic amines is 1. The summed E-state index contributed by atoms with van der Waals surface area (Å²) in [5, 5.41) is 13.1. The number of nitrogens with zero attached hydrogens (tertiary/aromatic N) is 2. The topological polar surface area (TPSA) is 109 Å². The Kier molecular flexibility index (Phi) is 10.00. The number of hydrogen-bond acceptors (Lipinski definition) is 6. The Morgan fingerprint density at radius 2 is 1.32 bits per heavy atom. The van der Waals surface area contributed by atoms with Crippen molar-refractivity contribution in [3.63, 3.8) is 0 Å². The molecule has 6 aromatic rings. The summed E-state index contributed by atoms with van der Waals surface area (Å²) in [6.45, 7) is 2.72. The summed E-state index contributed by atoms with van der Waals surface area (Å²) in [5.74, 6) is -0.249. The van der Waals surface area contributed by atoms with Crippen LogP contribution in [-0.2, 0) is 26.0 Å². The Labute approximate surface area is 272 Å². The highest BCUT2D eigenvalue weighted by Gasteiger charge is 2.12. The maximum Gasteiger partial charge on any atom is 0.439 e. The van der Waals surface area contributed by atoms with E-state index in [0.29, 0.717) is 19.0 Å². The molecule has 0 saturated carbocycles. The number of ether oxygens (including phenoxy) is 1. The number of H-pyrrole nitrogens is 1. The Morgan fingerprint density at radius 3 is 2.02 bits per heavy atom. The minimum atomic E-state index is -0.935. The van der Waals surface area contributed by atoms with E-state index in [4.69, 9.17) is 4.74 Å². The average molecular weight is 626 g/mol. The largest absolute Gasteiger partial charge is 0.489 e. The molecule has 0 aliphatic heterocycles. The van der Waals surface area contributed by atoms with Gasteiger partial charge in [-0.25, -0.2) is 9.59 Å². The van der Waals surface area contributed by atoms with E-state index in [9.17, 15) is 14.7 Å². The van der Waals surface area contributed by atoms with Gasteiger partial charge >= 0.3 is 11.7 Å². The first-order chi connectivity index (χ1) is 23.0. The molecular formula is C39H35N3O5. The first-order valence-corrected chi connectivity index (χ1v) is 15.5. The molecule has 2 N–H and O–H groups in total. The van der Waals surface area contributed by atoms with Crippen LogP contribution >= 0.6 is 0 Å². The van der Waals surface area contributed by atoms with Gasteiger partial charge in [0, 0.05) is 25.2 Å². The van der Waals surface area contributed by atoms with Gasteiger partial charge in [-0.3, -0.25) is 14.4 Å². The zero-order valence-electron chi connectivity index (χ0n) is 25.8. The van der Waals surface area contributed by atoms with Gasteiger partial charge in [0.25, 0.3) is 0 Å². The van der Waals surface area contributed by atoms with E-state index < -0.39 is 11.7 Å². The molecule has 0 fully saturated rings. The summed E-state index contributed by atoms with van der Waals surface area (Å²) in [7, 11) is 0. The third-order valence-corrected chi connectivity index (χ3v) is 8.12. The van der Waals surface area contributed by atoms with Gasteiger partial charge in [0.2, 0.25) is 0 Å². The number of carbonyl (C=O) groups is 1. The standard InChI is InChI=1S/C39H35N3O5/c43-38(44)35-20-12-29(13-21-35)26-42(24-22-28-10-18-34(19-11-28)37-40-39(45)47-41-37)25-23-33-8-4-5-9-36(33)46-27-30-14-16-32(17-15-30)31-6-2-1-3-7-31/h1-21H,22-27H2,(H,43,44)(H,40,41,45). The lowest BCUT2D eigenvalue weighted by atomic mass is 10.0. The molecule has 0 saturated heterocycles. The predicted molar refractivity (Wildman–Crippen MR) is 181 cm³/mol. The SMILES string of the molecule is O=C(O)c1ccc(CN(CCc2ccc(-c3noc(=O)[nH]3)cc2)CCc2ccccc2OCc2ccc(-c3ccccc3)cc2)cc1. The maximum absolute atomic E-state index is 11.4. The van der Waals surface area contributed by atoms with Crippen molar-refractivity contribution >= 4 is 5.97 Å². The van der Waals surface area contributed by atoms with Crippen LogP contribution in [0.4, 0.5) is 0 Å². The minimum Gasteiger partial charge on any atom is -0.489 e. The van der Waals surface area contributed by atoms with Crippen LogP contribution in [0, 0.1) is 0 Å². The lowest BCUT2D eigenvalue weighted by molar-refractivity contribution is 0.0697. The van der Waals surface area contributed by atoms with Crippen LogP contribution in [0.2, 0.25) is 0 Å². The zero-order chi connectivity index (χ0) is 32.4. The van der Waals surface area contributed by atoms with Gasteiger partial charge < -0.3 is 9.84 Å². The summed E-state index contributed by atoms with van der Waals surface area (Å²) in [5.41, 5.74) is 7.84. The fourth-order valence-corrected chi connectivity index (χ4v) is 5.47. The quantitative estimate of drug-likeness (QED) is 0.131. The molecule has 0 aliphatic rings. The fourth-order valence-electron chi connectivity index (χ4n) is 5.47. The second-order valence-electron chi connectivity index (χ2n) is 11.4. The second-order valence-corrected chi connectivity index (χ2v) is 11.4. The van der Waals surface area contributed by atoms with Gasteiger partial charge in [-0.2, -0.15) is 0 Å². The van der Waals surface area contributed by atoms with E-state index in [-0.39, 0.29) is 5.56 Å². The third-order valence-electron chi connectivity index (χ3n) is 8.12. The number of nitrogens with one attached hydrogen (secondary N) is 1. The molecule has 0 spiro atoms. The number of rotatable bonds is 14. The highest BCUT2D eigenvalue weighted by Crippen LogP contribution is 2.23. The number of para-hydroxylation sites is 1. The molecule has 0 bridgehead atoms. The van der Waals surface area contributed by atoms with Crippen molar-refractivity contribution in [2.24, 2.45) is 0 Å². The van der Waals surface area contributed by atoms with Crippen molar-refractivity contribution < 1.29 is 19.2 Å². The van der Waals surface area contributed by atoms with Crippen molar-refractivity contribution in [3.8, 4) is 28.3 Å². The summed E-state index contributed by atoms with van der Waals surface area (Å²) in [6.07, 6.45) is 1.59. The minimum absolute atomic E-state index is 0.273. The molecule has 0 aliphatic carbocycles. The highest BCUT2D eigenvalue weighted by molar-refractivity contribution is 5.87. The molecule has 1 heterocycles. The zero-order valence-corrected chi connectivity index (χ0v) is 25.8. The van der Waals surface area contributed by atoms with Gasteiger partial charge in [-0.05, 0) is 64.4 Å². The number of carboxylic acids is 1. The van der Waals surface area contributed by atoms with E-state index in [2.05, 4.69) is 62.0 Å². The number of aromatic carboxylic acids is 1. The van der Waals surface area contributed by atoms with Gasteiger partial charge in [0.15, 0.2) is 5.82 Å². The number of aromatic nitrogens is 2. The number of carboxylic acid groups (broad SMARTS) is 1. The van der Waals surface area contributed by atoms with Crippen LogP contribution in [0.3, 0.4) is 0 Å². The van der Waals surface area contributed by atoms with Gasteiger partial charge in [0.1, 0.15) is 12.4 Å². The molecule has 0 unspecified atom stereocenters. The van der Waals surface area contributed by atoms with Crippen molar-refractivity contribution in [2.75, 3.05) is 13.1 Å². The summed E-state index contributed by atoms with van der Waals surface area (Å²) < 4.78 is 11.0. The average Bonchev–Trinajstić information content (AvgIpc) is 3.56. The van der Waals surface area contributed by atoms with Gasteiger partial charge in [0.05, 0.1) is 5.56 Å². The molecule has 0 atom stereocenters. The monoisotopic (exact) mass is 625 g/mol. The molecule has 8 heteroatoms. The molecule has 47 heavy (non-hydrogen) atoms. The predicted octanol–water partition coefficient (Wildman–Crippen LogP) is 7.26. The van der Waals surface area contributed by atoms with Crippen molar-refractivity contribution in [1.82, 2.24) is 15.0 Å². The Morgan fingerprint density at radius 1 is 0.702 bits per heavy atom. The molecule has 236 valence electrons. The highest BCUT2D eigenvalue weighted by atomic mass is 16.5. The Bertz CT molecular complexity index is 1950. The van der Waals surface area contributed by atoms with Crippen LogP contribution in [0.5, 0.6) is 5.75 Å². The summed E-state index contributed by atoms with van der Waals surface area (Å²) in [6, 6.07) is 41.9. The van der Waals surface area contributed by atoms with Gasteiger partial charge in [-0.15, -0.1) is 0 Å². The smallest absolute Gasteiger partial charge is 0.439 e. The Balaban J connectivity index is 1.11. The number of benzene rings is 5. The van der Waals surface area contributed by atoms with Crippen LogP contribution in [0.25, 0.3) is 22.5 Å². The fraction of sp³-hybridized carbons (Fsp3) is 0.154. The molecule has 5 aromatic carbocycles. The normalized spacial score (nSPS) is 11.1. The summed E-state index contributed by atoms with van der Waals surface area (Å²) in [4.78, 5) is 27.6. The molecular weight excluding hydrogens is 590 g/mol. The molecule has 6 rings (SSSR count). The Hall–Kier alpha value is -5.73. The van der Waals surface area contributed by atoms with Crippen LogP contribution < -0.4 is 10.5 Å². The van der Waals surface area contributed by atoms with E-state index >= 15 is 0 Å². The lowest BCUT2D eigenvalue weighted by Gasteiger charge is -2.23. The lowest BCUT2D eigenvalue weighted by Crippen LogP contribution is -2.28. The van der Waals surface area contributed by atoms with Crippen molar-refractivity contribution in [3.05, 3.63) is 166 Å². The van der Waals surface area contributed by atoms with Crippen LogP contribution in [-0.4, -0.2) is 39.2 Å². The van der Waals surface area contributed by atoms with Crippen LogP contribution in [0.15, 0.2) is 137 Å². The van der Waals surface area contributed by atoms with Crippen molar-refractivity contribution in [2.45, 2.75) is 26.0 Å². The van der Waals surface area contributed by atoms with Gasteiger partial charge in [-0.1, -0.05) is 114 Å². The van der Waals surface area contributed by atoms with E-state index in [1.54, 1.807) is 12.1 Å². The van der Waals surface area contributed by atoms with E-state index in [0.717, 1.165) is 59.5 Å². The summed E-state index contributed by atoms with van der Waals surface area (Å²) >= 11 is 0. The third kappa shape index (κ3) is 8.51. The van der Waals surface area contributed by atoms with Crippen LogP contribution in [0.1, 0.15) is 32.6 Å². The first kappa shape index (κ1) is 31.3.